The maximum Gasteiger partial charge on any atom is 0.301 e. The van der Waals surface area contributed by atoms with Crippen molar-refractivity contribution in [2.24, 2.45) is 0 Å². The highest BCUT2D eigenvalue weighted by atomic mass is 35.7. The van der Waals surface area contributed by atoms with Crippen molar-refractivity contribution < 1.29 is 4.43 Å². The maximum atomic E-state index is 5.97. The molecule has 0 bridgehead atoms. The third kappa shape index (κ3) is 2.20. The zero-order valence-corrected chi connectivity index (χ0v) is 12.2. The molecule has 0 radical (unpaired) electrons. The first kappa shape index (κ1) is 12.2. The Morgan fingerprint density at radius 3 is 2.17 bits per heavy atom. The number of hydrogen-bond acceptors (Lipinski definition) is 1. The molecule has 1 rings (SSSR count). The van der Waals surface area contributed by atoms with Crippen LogP contribution >= 0.6 is 68.0 Å². The molecule has 1 nitrogen and oxygen atoms in total. The lowest BCUT2D eigenvalue weighted by atomic mass is 10.5. The van der Waals surface area contributed by atoms with Crippen molar-refractivity contribution in [1.29, 1.82) is 0 Å². The van der Waals surface area contributed by atoms with Gasteiger partial charge in [0.2, 0.25) is 0 Å². The van der Waals surface area contributed by atoms with Crippen molar-refractivity contribution >= 4 is 82.1 Å². The number of hydrogen-bond donors (Lipinski definition) is 0. The number of halogens is 6. The highest BCUT2D eigenvalue weighted by Gasteiger charge is 2.56. The largest absolute Gasteiger partial charge is 0.387 e. The van der Waals surface area contributed by atoms with E-state index in [1.165, 1.54) is 0 Å². The van der Waals surface area contributed by atoms with Crippen LogP contribution in [-0.4, -0.2) is 30.0 Å². The Morgan fingerprint density at radius 1 is 1.17 bits per heavy atom. The molecule has 0 amide bonds. The van der Waals surface area contributed by atoms with Crippen molar-refractivity contribution in [2.45, 2.75) is 15.9 Å². The zero-order chi connectivity index (χ0) is 9.52. The van der Waals surface area contributed by atoms with E-state index in [0.29, 0.717) is 0 Å². The summed E-state index contributed by atoms with van der Waals surface area (Å²) in [5.74, 6) is 0. The van der Waals surface area contributed by atoms with Gasteiger partial charge < -0.3 is 4.43 Å². The van der Waals surface area contributed by atoms with Gasteiger partial charge in [0.15, 0.2) is 0 Å². The van der Waals surface area contributed by atoms with E-state index < -0.39 is 30.0 Å². The normalized spacial score (nSPS) is 47.5. The van der Waals surface area contributed by atoms with Gasteiger partial charge in [-0.05, 0) is 0 Å². The van der Waals surface area contributed by atoms with E-state index in [1.807, 2.05) is 0 Å². The zero-order valence-electron chi connectivity index (χ0n) is 5.49. The summed E-state index contributed by atoms with van der Waals surface area (Å²) in [6.07, 6.45) is -2.73. The number of rotatable bonds is 0. The second-order valence-electron chi connectivity index (χ2n) is 2.32. The molecule has 0 saturated carbocycles. The third-order valence-corrected chi connectivity index (χ3v) is 21.5. The summed E-state index contributed by atoms with van der Waals surface area (Å²) in [5.41, 5.74) is -0.679. The summed E-state index contributed by atoms with van der Waals surface area (Å²) < 4.78 is 5.14. The van der Waals surface area contributed by atoms with Crippen molar-refractivity contribution in [3.8, 4) is 0 Å². The minimum atomic E-state index is -2.73. The first-order chi connectivity index (χ1) is 5.37. The fraction of sp³-hybridized carbons (Fsp3) is 1.00. The first-order valence-corrected chi connectivity index (χ1v) is 12.4. The van der Waals surface area contributed by atoms with E-state index in [0.717, 1.165) is 0 Å². The van der Waals surface area contributed by atoms with Crippen LogP contribution < -0.4 is 0 Å². The van der Waals surface area contributed by atoms with Crippen LogP contribution in [0.15, 0.2) is 0 Å². The first-order valence-electron chi connectivity index (χ1n) is 2.97. The monoisotopic (exact) mass is 322 g/mol. The molecule has 1 fully saturated rings. The van der Waals surface area contributed by atoms with Crippen LogP contribution in [0.2, 0.25) is 0 Å². The summed E-state index contributed by atoms with van der Waals surface area (Å²) in [6, 6.07) is 0. The van der Waals surface area contributed by atoms with E-state index >= 15 is 0 Å². The molecule has 72 valence electrons. The van der Waals surface area contributed by atoms with Crippen LogP contribution in [0.5, 0.6) is 0 Å². The van der Waals surface area contributed by atoms with Gasteiger partial charge >= 0.3 is 6.21 Å². The summed E-state index contributed by atoms with van der Waals surface area (Å²) in [5, 5.41) is -1.12. The minimum Gasteiger partial charge on any atom is -0.387 e. The molecule has 0 aromatic carbocycles. The average molecular weight is 325 g/mol. The molecule has 0 N–H and O–H groups in total. The molecule has 1 aliphatic heterocycles. The lowest BCUT2D eigenvalue weighted by Gasteiger charge is -2.37. The minimum absolute atomic E-state index is 0.548. The molecule has 0 aromatic heterocycles. The van der Waals surface area contributed by atoms with Gasteiger partial charge in [-0.15, -0.1) is 56.4 Å². The van der Waals surface area contributed by atoms with E-state index in [-0.39, 0.29) is 0 Å². The van der Waals surface area contributed by atoms with E-state index in [9.17, 15) is 0 Å². The lowest BCUT2D eigenvalue weighted by molar-refractivity contribution is 0.288. The highest BCUT2D eigenvalue weighted by Crippen LogP contribution is 2.40. The van der Waals surface area contributed by atoms with Gasteiger partial charge in [-0.2, -0.15) is 0 Å². The van der Waals surface area contributed by atoms with Crippen molar-refractivity contribution in [2.75, 3.05) is 0 Å². The fourth-order valence-electron chi connectivity index (χ4n) is 0.750. The van der Waals surface area contributed by atoms with E-state index in [1.54, 1.807) is 0 Å². The average Bonchev–Trinajstić information content (AvgIpc) is 1.99. The van der Waals surface area contributed by atoms with Crippen molar-refractivity contribution in [3.63, 3.8) is 0 Å². The van der Waals surface area contributed by atoms with Gasteiger partial charge in [0.05, 0.1) is 10.4 Å². The summed E-state index contributed by atoms with van der Waals surface area (Å²) in [4.78, 5) is 0. The molecule has 0 aliphatic carbocycles. The molecule has 4 atom stereocenters. The van der Waals surface area contributed by atoms with Crippen molar-refractivity contribution in [1.82, 2.24) is 0 Å². The van der Waals surface area contributed by atoms with Crippen LogP contribution in [0.1, 0.15) is 0 Å². The molecule has 9 heteroatoms. The highest BCUT2D eigenvalue weighted by molar-refractivity contribution is 7.78. The Balaban J connectivity index is 2.80. The van der Waals surface area contributed by atoms with Crippen molar-refractivity contribution in [3.05, 3.63) is 0 Å². The second kappa shape index (κ2) is 4.33. The smallest absolute Gasteiger partial charge is 0.301 e. The number of alkyl halides is 3. The Labute approximate surface area is 102 Å². The SMILES string of the molecule is ClC1O[SiH](Cl)[Si](Cl)(Cl)C(Cl)C1Cl. The quantitative estimate of drug-likeness (QED) is 0.378. The molecule has 0 aromatic rings. The predicted molar refractivity (Wildman–Crippen MR) is 60.5 cm³/mol. The van der Waals surface area contributed by atoms with Gasteiger partial charge in [0.25, 0.3) is 7.87 Å². The van der Waals surface area contributed by atoms with Crippen LogP contribution in [0.3, 0.4) is 0 Å². The Bertz CT molecular complexity index is 178. The third-order valence-electron chi connectivity index (χ3n) is 1.45. The summed E-state index contributed by atoms with van der Waals surface area (Å²) in [7, 11) is -2.16. The van der Waals surface area contributed by atoms with Crippen LogP contribution in [0, 0.1) is 0 Å². The molecule has 12 heavy (non-hydrogen) atoms. The fourth-order valence-corrected chi connectivity index (χ4v) is 12.1. The van der Waals surface area contributed by atoms with Gasteiger partial charge in [0, 0.05) is 0 Å². The Kier molecular flexibility index (Phi) is 4.40. The van der Waals surface area contributed by atoms with Gasteiger partial charge in [0.1, 0.15) is 5.56 Å². The molecule has 1 aliphatic rings. The van der Waals surface area contributed by atoms with Gasteiger partial charge in [-0.3, -0.25) is 0 Å². The topological polar surface area (TPSA) is 9.23 Å². The molecule has 1 heterocycles. The van der Waals surface area contributed by atoms with Crippen LogP contribution in [0.4, 0.5) is 0 Å². The second-order valence-corrected chi connectivity index (χ2v) is 20.1. The Morgan fingerprint density at radius 2 is 1.67 bits per heavy atom. The Hall–Kier alpha value is 2.13. The van der Waals surface area contributed by atoms with Gasteiger partial charge in [-0.1, -0.05) is 11.6 Å². The standard InChI is InChI=1S/C3H4Cl6OSi2/c4-1-2(5)10-11(7)12(8,9)3(1)6/h1-3,11H. The van der Waals surface area contributed by atoms with E-state index in [4.69, 9.17) is 72.5 Å². The van der Waals surface area contributed by atoms with Crippen LogP contribution in [0.25, 0.3) is 0 Å². The lowest BCUT2D eigenvalue weighted by Crippen LogP contribution is -2.59. The van der Waals surface area contributed by atoms with Gasteiger partial charge in [-0.25, -0.2) is 0 Å². The molecular formula is C3H4Cl6OSi2. The summed E-state index contributed by atoms with van der Waals surface area (Å²) in [6.45, 7) is 0. The molecular weight excluding hydrogens is 321 g/mol. The molecule has 4 unspecified atom stereocenters. The predicted octanol–water partition coefficient (Wildman–Crippen LogP) is 2.79. The summed E-state index contributed by atoms with van der Waals surface area (Å²) >= 11 is 35.2. The molecule has 0 spiro atoms. The van der Waals surface area contributed by atoms with E-state index in [2.05, 4.69) is 0 Å². The molecule has 1 saturated heterocycles. The van der Waals surface area contributed by atoms with Crippen LogP contribution in [-0.2, 0) is 4.43 Å². The maximum absolute atomic E-state index is 5.97.